The molecule has 14 heavy (non-hydrogen) atoms. The van der Waals surface area contributed by atoms with Gasteiger partial charge in [-0.2, -0.15) is 0 Å². The normalized spacial score (nSPS) is 12.3. The van der Waals surface area contributed by atoms with Crippen LogP contribution in [-0.2, 0) is 16.6 Å². The zero-order chi connectivity index (χ0) is 10.8. The highest BCUT2D eigenvalue weighted by molar-refractivity contribution is 7.91. The first-order valence-electron chi connectivity index (χ1n) is 4.13. The van der Waals surface area contributed by atoms with Crippen LogP contribution < -0.4 is 5.32 Å². The molecule has 4 nitrogen and oxygen atoms in total. The third-order valence-electron chi connectivity index (χ3n) is 1.75. The summed E-state index contributed by atoms with van der Waals surface area (Å²) in [5.74, 6) is 0. The summed E-state index contributed by atoms with van der Waals surface area (Å²) in [5, 5.41) is 4.83. The molecule has 1 heterocycles. The fraction of sp³-hybridized carbons (Fsp3) is 0.500. The van der Waals surface area contributed by atoms with Crippen molar-refractivity contribution in [3.8, 4) is 0 Å². The Morgan fingerprint density at radius 3 is 2.64 bits per heavy atom. The fourth-order valence-corrected chi connectivity index (χ4v) is 3.34. The Balaban J connectivity index is 2.98. The van der Waals surface area contributed by atoms with Crippen LogP contribution in [0.5, 0.6) is 0 Å². The quantitative estimate of drug-likeness (QED) is 0.835. The second-order valence-electron chi connectivity index (χ2n) is 3.09. The second kappa shape index (κ2) is 4.39. The van der Waals surface area contributed by atoms with Crippen molar-refractivity contribution in [1.82, 2.24) is 9.62 Å². The minimum Gasteiger partial charge on any atom is -0.316 e. The minimum absolute atomic E-state index is 0.396. The molecule has 0 aliphatic rings. The molecule has 0 saturated heterocycles. The number of nitrogens with zero attached hydrogens (tertiary/aromatic N) is 1. The van der Waals surface area contributed by atoms with Gasteiger partial charge in [-0.1, -0.05) is 0 Å². The van der Waals surface area contributed by atoms with Gasteiger partial charge >= 0.3 is 0 Å². The first-order chi connectivity index (χ1) is 6.48. The first-order valence-corrected chi connectivity index (χ1v) is 6.45. The Morgan fingerprint density at radius 1 is 1.50 bits per heavy atom. The van der Waals surface area contributed by atoms with Gasteiger partial charge in [-0.25, -0.2) is 12.7 Å². The van der Waals surface area contributed by atoms with Crippen LogP contribution in [0.1, 0.15) is 5.56 Å². The van der Waals surface area contributed by atoms with Crippen LogP contribution in [0.2, 0.25) is 0 Å². The molecule has 0 saturated carbocycles. The van der Waals surface area contributed by atoms with Crippen LogP contribution in [-0.4, -0.2) is 33.9 Å². The Kier molecular flexibility index (Phi) is 3.65. The zero-order valence-electron chi connectivity index (χ0n) is 8.44. The van der Waals surface area contributed by atoms with Gasteiger partial charge in [0.25, 0.3) is 10.0 Å². The number of rotatable bonds is 4. The predicted molar refractivity (Wildman–Crippen MR) is 58.0 cm³/mol. The van der Waals surface area contributed by atoms with E-state index in [1.54, 1.807) is 6.07 Å². The van der Waals surface area contributed by atoms with Crippen molar-refractivity contribution in [2.45, 2.75) is 10.8 Å². The van der Waals surface area contributed by atoms with E-state index < -0.39 is 10.0 Å². The van der Waals surface area contributed by atoms with Gasteiger partial charge in [0.15, 0.2) is 0 Å². The van der Waals surface area contributed by atoms with Crippen molar-refractivity contribution in [2.24, 2.45) is 0 Å². The molecule has 0 aliphatic carbocycles. The van der Waals surface area contributed by atoms with Gasteiger partial charge in [-0.05, 0) is 24.1 Å². The average Bonchev–Trinajstić information content (AvgIpc) is 2.53. The lowest BCUT2D eigenvalue weighted by Crippen LogP contribution is -2.21. The van der Waals surface area contributed by atoms with Crippen molar-refractivity contribution in [3.63, 3.8) is 0 Å². The maximum absolute atomic E-state index is 11.7. The molecule has 0 amide bonds. The summed E-state index contributed by atoms with van der Waals surface area (Å²) in [5.41, 5.74) is 0.998. The maximum atomic E-state index is 11.7. The van der Waals surface area contributed by atoms with E-state index in [-0.39, 0.29) is 0 Å². The van der Waals surface area contributed by atoms with E-state index in [9.17, 15) is 8.42 Å². The molecule has 80 valence electrons. The van der Waals surface area contributed by atoms with Crippen molar-refractivity contribution in [1.29, 1.82) is 0 Å². The van der Waals surface area contributed by atoms with Crippen molar-refractivity contribution in [3.05, 3.63) is 17.0 Å². The Bertz CT molecular complexity index is 395. The van der Waals surface area contributed by atoms with Gasteiger partial charge in [0.05, 0.1) is 0 Å². The van der Waals surface area contributed by atoms with Crippen LogP contribution in [0.3, 0.4) is 0 Å². The number of sulfonamides is 1. The first kappa shape index (κ1) is 11.6. The van der Waals surface area contributed by atoms with Crippen LogP contribution in [0.4, 0.5) is 0 Å². The summed E-state index contributed by atoms with van der Waals surface area (Å²) in [7, 11) is 1.65. The SMILES string of the molecule is CNCc1csc(S(=O)(=O)N(C)C)c1. The van der Waals surface area contributed by atoms with E-state index in [1.165, 1.54) is 29.7 Å². The molecule has 1 rings (SSSR count). The highest BCUT2D eigenvalue weighted by Crippen LogP contribution is 2.22. The number of hydrogen-bond donors (Lipinski definition) is 1. The summed E-state index contributed by atoms with van der Waals surface area (Å²) in [6.45, 7) is 0.694. The lowest BCUT2D eigenvalue weighted by Gasteiger charge is -2.08. The van der Waals surface area contributed by atoms with E-state index in [0.717, 1.165) is 5.56 Å². The molecule has 1 N–H and O–H groups in total. The van der Waals surface area contributed by atoms with Gasteiger partial charge in [-0.15, -0.1) is 11.3 Å². The summed E-state index contributed by atoms with van der Waals surface area (Å²) in [4.78, 5) is 0. The molecular formula is C8H14N2O2S2. The molecule has 0 atom stereocenters. The summed E-state index contributed by atoms with van der Waals surface area (Å²) >= 11 is 1.26. The fourth-order valence-electron chi connectivity index (χ4n) is 0.965. The third-order valence-corrected chi connectivity index (χ3v) is 5.02. The Labute approximate surface area is 88.6 Å². The Hall–Kier alpha value is -0.430. The van der Waals surface area contributed by atoms with Crippen molar-refractivity contribution >= 4 is 21.4 Å². The molecule has 0 radical (unpaired) electrons. The number of thiophene rings is 1. The van der Waals surface area contributed by atoms with Crippen molar-refractivity contribution in [2.75, 3.05) is 21.1 Å². The molecule has 1 aromatic rings. The highest BCUT2D eigenvalue weighted by atomic mass is 32.2. The molecule has 0 unspecified atom stereocenters. The summed E-state index contributed by atoms with van der Waals surface area (Å²) in [6, 6.07) is 1.70. The molecule has 0 aromatic carbocycles. The lowest BCUT2D eigenvalue weighted by atomic mass is 10.3. The van der Waals surface area contributed by atoms with Gasteiger partial charge in [0.2, 0.25) is 0 Å². The smallest absolute Gasteiger partial charge is 0.252 e. The monoisotopic (exact) mass is 234 g/mol. The molecule has 0 fully saturated rings. The second-order valence-corrected chi connectivity index (χ2v) is 6.38. The average molecular weight is 234 g/mol. The van der Waals surface area contributed by atoms with E-state index in [0.29, 0.717) is 10.8 Å². The molecule has 1 aromatic heterocycles. The van der Waals surface area contributed by atoms with Crippen LogP contribution >= 0.6 is 11.3 Å². The molecule has 6 heteroatoms. The zero-order valence-corrected chi connectivity index (χ0v) is 10.1. The van der Waals surface area contributed by atoms with Gasteiger partial charge < -0.3 is 5.32 Å². The number of nitrogens with one attached hydrogen (secondary N) is 1. The van der Waals surface area contributed by atoms with Gasteiger partial charge in [-0.3, -0.25) is 0 Å². The largest absolute Gasteiger partial charge is 0.316 e. The highest BCUT2D eigenvalue weighted by Gasteiger charge is 2.18. The molecule has 0 aliphatic heterocycles. The van der Waals surface area contributed by atoms with E-state index in [2.05, 4.69) is 5.32 Å². The summed E-state index contributed by atoms with van der Waals surface area (Å²) in [6.07, 6.45) is 0. The summed E-state index contributed by atoms with van der Waals surface area (Å²) < 4.78 is 25.0. The predicted octanol–water partition coefficient (Wildman–Crippen LogP) is 0.718. The molecule has 0 bridgehead atoms. The minimum atomic E-state index is -3.25. The molecular weight excluding hydrogens is 220 g/mol. The van der Waals surface area contributed by atoms with Crippen LogP contribution in [0, 0.1) is 0 Å². The van der Waals surface area contributed by atoms with E-state index in [4.69, 9.17) is 0 Å². The van der Waals surface area contributed by atoms with Gasteiger partial charge in [0, 0.05) is 20.6 Å². The van der Waals surface area contributed by atoms with E-state index in [1.807, 2.05) is 12.4 Å². The molecule has 0 spiro atoms. The van der Waals surface area contributed by atoms with Crippen LogP contribution in [0.25, 0.3) is 0 Å². The topological polar surface area (TPSA) is 49.4 Å². The number of hydrogen-bond acceptors (Lipinski definition) is 4. The van der Waals surface area contributed by atoms with Crippen molar-refractivity contribution < 1.29 is 8.42 Å². The maximum Gasteiger partial charge on any atom is 0.252 e. The van der Waals surface area contributed by atoms with E-state index >= 15 is 0 Å². The standard InChI is InChI=1S/C8H14N2O2S2/c1-9-5-7-4-8(13-6-7)14(11,12)10(2)3/h4,6,9H,5H2,1-3H3. The Morgan fingerprint density at radius 2 is 2.14 bits per heavy atom. The third kappa shape index (κ3) is 2.33. The lowest BCUT2D eigenvalue weighted by molar-refractivity contribution is 0.523. The van der Waals surface area contributed by atoms with Crippen LogP contribution in [0.15, 0.2) is 15.7 Å². The van der Waals surface area contributed by atoms with Gasteiger partial charge in [0.1, 0.15) is 4.21 Å².